The largest absolute Gasteiger partial charge is 0.458 e. The number of Topliss-reactive ketones (excluding diaryl/α,β-unsaturated/α-hetero) is 1. The van der Waals surface area contributed by atoms with Crippen molar-refractivity contribution < 1.29 is 14.3 Å². The van der Waals surface area contributed by atoms with Gasteiger partial charge in [0.15, 0.2) is 11.5 Å². The van der Waals surface area contributed by atoms with Crippen molar-refractivity contribution in [3.63, 3.8) is 0 Å². The van der Waals surface area contributed by atoms with Crippen LogP contribution in [-0.4, -0.2) is 32.6 Å². The highest BCUT2D eigenvalue weighted by Gasteiger charge is 2.27. The number of fused-ring (bicyclic) bond motifs is 1. The number of esters is 1. The number of nitrogens with zero attached hydrogens (tertiary/aromatic N) is 3. The number of aryl methyl sites for hydroxylation is 1. The first-order valence-electron chi connectivity index (χ1n) is 9.30. The van der Waals surface area contributed by atoms with Gasteiger partial charge in [-0.25, -0.2) is 9.48 Å². The first kappa shape index (κ1) is 20.2. The van der Waals surface area contributed by atoms with E-state index in [1.807, 2.05) is 24.3 Å². The Morgan fingerprint density at radius 2 is 1.93 bits per heavy atom. The summed E-state index contributed by atoms with van der Waals surface area (Å²) in [5, 5.41) is 8.80. The molecule has 29 heavy (non-hydrogen) atoms. The van der Waals surface area contributed by atoms with Crippen LogP contribution in [0.5, 0.6) is 0 Å². The highest BCUT2D eigenvalue weighted by molar-refractivity contribution is 6.09. The van der Waals surface area contributed by atoms with Crippen LogP contribution in [-0.2, 0) is 11.3 Å². The van der Waals surface area contributed by atoms with Gasteiger partial charge >= 0.3 is 5.97 Å². The number of aromatic nitrogens is 3. The van der Waals surface area contributed by atoms with Gasteiger partial charge in [-0.3, -0.25) is 14.6 Å². The minimum Gasteiger partial charge on any atom is -0.458 e. The summed E-state index contributed by atoms with van der Waals surface area (Å²) < 4.78 is 6.36. The van der Waals surface area contributed by atoms with Gasteiger partial charge in [-0.05, 0) is 27.7 Å². The van der Waals surface area contributed by atoms with E-state index < -0.39 is 23.4 Å². The fourth-order valence-electron chi connectivity index (χ4n) is 3.01. The van der Waals surface area contributed by atoms with Gasteiger partial charge in [0.1, 0.15) is 5.69 Å². The molecule has 0 atom stereocenters. The van der Waals surface area contributed by atoms with E-state index >= 15 is 0 Å². The molecule has 0 aliphatic carbocycles. The van der Waals surface area contributed by atoms with Crippen LogP contribution in [0.1, 0.15) is 48.5 Å². The van der Waals surface area contributed by atoms with Crippen molar-refractivity contribution in [3.8, 4) is 0 Å². The van der Waals surface area contributed by atoms with E-state index in [1.165, 1.54) is 6.92 Å². The Hall–Kier alpha value is -3.55. The van der Waals surface area contributed by atoms with Crippen LogP contribution in [0.3, 0.4) is 0 Å². The average molecular weight is 394 g/mol. The lowest BCUT2D eigenvalue weighted by molar-refractivity contribution is 0.0365. The van der Waals surface area contributed by atoms with Gasteiger partial charge in [0, 0.05) is 23.5 Å². The molecule has 2 heterocycles. The van der Waals surface area contributed by atoms with Gasteiger partial charge in [0.25, 0.3) is 5.56 Å². The van der Waals surface area contributed by atoms with E-state index in [9.17, 15) is 14.4 Å². The van der Waals surface area contributed by atoms with Crippen molar-refractivity contribution in [2.24, 2.45) is 0 Å². The molecule has 8 heteroatoms. The smallest absolute Gasteiger partial charge is 0.359 e. The zero-order valence-electron chi connectivity index (χ0n) is 16.7. The standard InChI is InChI=1S/C21H22N4O4/c1-5-25-20(27)18(17(13(4)26)19(24-25)21(28)29-12(2)3)23-16-11-22-10-14-8-6-7-9-15(14)16/h6-12,23H,5H2,1-4H3. The Balaban J connectivity index is 2.25. The number of carbonyl (C=O) groups is 2. The quantitative estimate of drug-likeness (QED) is 0.505. The molecule has 0 unspecified atom stereocenters. The Labute approximate surface area is 167 Å². The van der Waals surface area contributed by atoms with Crippen molar-refractivity contribution in [2.45, 2.75) is 40.3 Å². The Kier molecular flexibility index (Phi) is 5.72. The minimum atomic E-state index is -0.758. The third-order valence-electron chi connectivity index (χ3n) is 4.27. The van der Waals surface area contributed by atoms with Crippen molar-refractivity contribution in [1.29, 1.82) is 0 Å². The molecule has 2 aromatic heterocycles. The summed E-state index contributed by atoms with van der Waals surface area (Å²) in [4.78, 5) is 42.2. The maximum Gasteiger partial charge on any atom is 0.359 e. The average Bonchev–Trinajstić information content (AvgIpc) is 2.68. The highest BCUT2D eigenvalue weighted by Crippen LogP contribution is 2.26. The summed E-state index contributed by atoms with van der Waals surface area (Å²) in [7, 11) is 0. The van der Waals surface area contributed by atoms with Crippen LogP contribution in [0, 0.1) is 0 Å². The minimum absolute atomic E-state index is 0.0248. The van der Waals surface area contributed by atoms with Crippen molar-refractivity contribution in [1.82, 2.24) is 14.8 Å². The van der Waals surface area contributed by atoms with Crippen molar-refractivity contribution in [3.05, 3.63) is 58.3 Å². The van der Waals surface area contributed by atoms with Crippen molar-refractivity contribution in [2.75, 3.05) is 5.32 Å². The van der Waals surface area contributed by atoms with E-state index in [-0.39, 0.29) is 23.5 Å². The molecular weight excluding hydrogens is 372 g/mol. The molecule has 0 amide bonds. The number of ketones is 1. The number of nitrogens with one attached hydrogen (secondary N) is 1. The number of anilines is 2. The van der Waals surface area contributed by atoms with E-state index in [1.54, 1.807) is 33.2 Å². The van der Waals surface area contributed by atoms with E-state index in [0.717, 1.165) is 15.5 Å². The molecule has 0 saturated carbocycles. The van der Waals surface area contributed by atoms with Crippen LogP contribution in [0.25, 0.3) is 10.8 Å². The Morgan fingerprint density at radius 3 is 2.59 bits per heavy atom. The number of ether oxygens (including phenoxy) is 1. The molecule has 0 aliphatic rings. The molecule has 0 bridgehead atoms. The van der Waals surface area contributed by atoms with Gasteiger partial charge in [-0.15, -0.1) is 0 Å². The molecule has 0 radical (unpaired) electrons. The topological polar surface area (TPSA) is 103 Å². The molecule has 0 aliphatic heterocycles. The lowest BCUT2D eigenvalue weighted by Crippen LogP contribution is -2.31. The summed E-state index contributed by atoms with van der Waals surface area (Å²) in [6, 6.07) is 7.51. The SMILES string of the molecule is CCn1nc(C(=O)OC(C)C)c(C(C)=O)c(Nc2cncc3ccccc23)c1=O. The third kappa shape index (κ3) is 4.01. The summed E-state index contributed by atoms with van der Waals surface area (Å²) in [5.74, 6) is -1.23. The summed E-state index contributed by atoms with van der Waals surface area (Å²) in [5.41, 5.74) is -0.281. The zero-order chi connectivity index (χ0) is 21.1. The van der Waals surface area contributed by atoms with E-state index in [4.69, 9.17) is 4.74 Å². The van der Waals surface area contributed by atoms with Crippen LogP contribution in [0.4, 0.5) is 11.4 Å². The molecule has 3 aromatic rings. The van der Waals surface area contributed by atoms with Crippen LogP contribution in [0.2, 0.25) is 0 Å². The van der Waals surface area contributed by atoms with Gasteiger partial charge < -0.3 is 10.1 Å². The monoisotopic (exact) mass is 394 g/mol. The predicted octanol–water partition coefficient (Wildman–Crippen LogP) is 3.32. The zero-order valence-corrected chi connectivity index (χ0v) is 16.7. The summed E-state index contributed by atoms with van der Waals surface area (Å²) >= 11 is 0. The number of pyridine rings is 1. The van der Waals surface area contributed by atoms with E-state index in [0.29, 0.717) is 5.69 Å². The first-order chi connectivity index (χ1) is 13.8. The molecule has 8 nitrogen and oxygen atoms in total. The number of rotatable bonds is 6. The van der Waals surface area contributed by atoms with Gasteiger partial charge in [-0.2, -0.15) is 5.10 Å². The fourth-order valence-corrected chi connectivity index (χ4v) is 3.01. The molecule has 1 N–H and O–H groups in total. The summed E-state index contributed by atoms with van der Waals surface area (Å²) in [6.45, 7) is 6.62. The second-order valence-corrected chi connectivity index (χ2v) is 6.76. The molecule has 150 valence electrons. The Bertz CT molecular complexity index is 1150. The second kappa shape index (κ2) is 8.22. The molecule has 0 fully saturated rings. The fraction of sp³-hybridized carbons (Fsp3) is 0.286. The predicted molar refractivity (Wildman–Crippen MR) is 110 cm³/mol. The second-order valence-electron chi connectivity index (χ2n) is 6.76. The highest BCUT2D eigenvalue weighted by atomic mass is 16.5. The number of hydrogen-bond acceptors (Lipinski definition) is 7. The lowest BCUT2D eigenvalue weighted by Gasteiger charge is -2.16. The number of hydrogen-bond donors (Lipinski definition) is 1. The van der Waals surface area contributed by atoms with Gasteiger partial charge in [-0.1, -0.05) is 24.3 Å². The van der Waals surface area contributed by atoms with Gasteiger partial charge in [0.05, 0.1) is 23.6 Å². The first-order valence-corrected chi connectivity index (χ1v) is 9.30. The Morgan fingerprint density at radius 1 is 1.21 bits per heavy atom. The maximum absolute atomic E-state index is 13.0. The molecule has 0 saturated heterocycles. The third-order valence-corrected chi connectivity index (χ3v) is 4.27. The number of carbonyl (C=O) groups excluding carboxylic acids is 2. The summed E-state index contributed by atoms with van der Waals surface area (Å²) in [6.07, 6.45) is 2.87. The normalized spacial score (nSPS) is 10.9. The van der Waals surface area contributed by atoms with Crippen molar-refractivity contribution >= 4 is 33.9 Å². The van der Waals surface area contributed by atoms with Crippen LogP contribution in [0.15, 0.2) is 41.5 Å². The molecule has 1 aromatic carbocycles. The maximum atomic E-state index is 13.0. The van der Waals surface area contributed by atoms with Gasteiger partial charge in [0.2, 0.25) is 0 Å². The lowest BCUT2D eigenvalue weighted by atomic mass is 10.1. The molecule has 0 spiro atoms. The number of benzene rings is 1. The van der Waals surface area contributed by atoms with E-state index in [2.05, 4.69) is 15.4 Å². The molecular formula is C21H22N4O4. The van der Waals surface area contributed by atoms with Crippen LogP contribution >= 0.6 is 0 Å². The van der Waals surface area contributed by atoms with Crippen LogP contribution < -0.4 is 10.9 Å². The molecule has 3 rings (SSSR count).